The second-order valence-corrected chi connectivity index (χ2v) is 5.58. The number of aromatic nitrogens is 2. The maximum Gasteiger partial charge on any atom is 0.229 e. The Labute approximate surface area is 141 Å². The fraction of sp³-hybridized carbons (Fsp3) is 0.158. The predicted octanol–water partition coefficient (Wildman–Crippen LogP) is 4.59. The Morgan fingerprint density at radius 3 is 2.46 bits per heavy atom. The minimum Gasteiger partial charge on any atom is -0.497 e. The molecule has 5 heteroatoms. The van der Waals surface area contributed by atoms with Crippen molar-refractivity contribution in [1.82, 2.24) is 9.97 Å². The molecule has 0 saturated carbocycles. The largest absolute Gasteiger partial charge is 0.497 e. The maximum absolute atomic E-state index is 5.30. The Hall–Kier alpha value is -3.08. The van der Waals surface area contributed by atoms with Crippen molar-refractivity contribution >= 4 is 23.1 Å². The van der Waals surface area contributed by atoms with Gasteiger partial charge in [-0.05, 0) is 43.7 Å². The molecule has 2 aromatic carbocycles. The molecule has 5 nitrogen and oxygen atoms in total. The number of rotatable bonds is 5. The standard InChI is InChI=1S/C19H20N4O/c1-13-9-16(11-17(10-13)24-3)22-19-20-12-14(2)18(23-19)21-15-7-5-4-6-8-15/h4-12H,1-3H3,(H2,20,21,22,23). The Balaban J connectivity index is 1.84. The molecule has 0 atom stereocenters. The van der Waals surface area contributed by atoms with Crippen LogP contribution in [0.25, 0.3) is 0 Å². The topological polar surface area (TPSA) is 59.1 Å². The third-order valence-corrected chi connectivity index (χ3v) is 3.55. The number of methoxy groups -OCH3 is 1. The summed E-state index contributed by atoms with van der Waals surface area (Å²) in [6, 6.07) is 15.9. The van der Waals surface area contributed by atoms with Gasteiger partial charge >= 0.3 is 0 Å². The van der Waals surface area contributed by atoms with Gasteiger partial charge in [-0.25, -0.2) is 4.98 Å². The zero-order valence-electron chi connectivity index (χ0n) is 14.0. The van der Waals surface area contributed by atoms with Crippen molar-refractivity contribution in [2.45, 2.75) is 13.8 Å². The Kier molecular flexibility index (Phi) is 4.61. The van der Waals surface area contributed by atoms with Gasteiger partial charge in [0.15, 0.2) is 0 Å². The van der Waals surface area contributed by atoms with Crippen LogP contribution in [0.15, 0.2) is 54.7 Å². The molecule has 3 rings (SSSR count). The fourth-order valence-electron chi connectivity index (χ4n) is 2.35. The second kappa shape index (κ2) is 7.00. The van der Waals surface area contributed by atoms with Crippen LogP contribution in [0, 0.1) is 13.8 Å². The highest BCUT2D eigenvalue weighted by atomic mass is 16.5. The summed E-state index contributed by atoms with van der Waals surface area (Å²) in [5.41, 5.74) is 3.96. The van der Waals surface area contributed by atoms with Gasteiger partial charge in [0, 0.05) is 29.2 Å². The van der Waals surface area contributed by atoms with E-state index in [1.165, 1.54) is 0 Å². The van der Waals surface area contributed by atoms with Crippen LogP contribution in [0.4, 0.5) is 23.1 Å². The fourth-order valence-corrected chi connectivity index (χ4v) is 2.35. The van der Waals surface area contributed by atoms with Crippen LogP contribution in [0.5, 0.6) is 5.75 Å². The summed E-state index contributed by atoms with van der Waals surface area (Å²) < 4.78 is 5.30. The van der Waals surface area contributed by atoms with Gasteiger partial charge in [-0.2, -0.15) is 4.98 Å². The monoisotopic (exact) mass is 320 g/mol. The first-order valence-corrected chi connectivity index (χ1v) is 7.72. The molecule has 122 valence electrons. The SMILES string of the molecule is COc1cc(C)cc(Nc2ncc(C)c(Nc3ccccc3)n2)c1. The van der Waals surface area contributed by atoms with E-state index in [2.05, 4.69) is 20.6 Å². The van der Waals surface area contributed by atoms with E-state index in [0.29, 0.717) is 5.95 Å². The van der Waals surface area contributed by atoms with Gasteiger partial charge < -0.3 is 15.4 Å². The molecule has 0 aliphatic heterocycles. The zero-order chi connectivity index (χ0) is 16.9. The quantitative estimate of drug-likeness (QED) is 0.720. The average Bonchev–Trinajstić information content (AvgIpc) is 2.58. The first-order chi connectivity index (χ1) is 11.6. The van der Waals surface area contributed by atoms with Gasteiger partial charge in [0.1, 0.15) is 11.6 Å². The lowest BCUT2D eigenvalue weighted by atomic mass is 10.2. The van der Waals surface area contributed by atoms with Crippen molar-refractivity contribution in [2.75, 3.05) is 17.7 Å². The molecule has 24 heavy (non-hydrogen) atoms. The summed E-state index contributed by atoms with van der Waals surface area (Å²) >= 11 is 0. The van der Waals surface area contributed by atoms with Gasteiger partial charge in [-0.3, -0.25) is 0 Å². The van der Waals surface area contributed by atoms with Crippen molar-refractivity contribution in [3.05, 3.63) is 65.9 Å². The van der Waals surface area contributed by atoms with E-state index in [0.717, 1.165) is 34.1 Å². The van der Waals surface area contributed by atoms with E-state index in [-0.39, 0.29) is 0 Å². The van der Waals surface area contributed by atoms with E-state index < -0.39 is 0 Å². The van der Waals surface area contributed by atoms with Gasteiger partial charge in [-0.15, -0.1) is 0 Å². The molecule has 0 aliphatic carbocycles. The molecule has 0 fully saturated rings. The molecule has 0 aliphatic rings. The lowest BCUT2D eigenvalue weighted by Crippen LogP contribution is -2.03. The van der Waals surface area contributed by atoms with E-state index >= 15 is 0 Å². The number of anilines is 4. The van der Waals surface area contributed by atoms with Crippen LogP contribution >= 0.6 is 0 Å². The Morgan fingerprint density at radius 1 is 0.917 bits per heavy atom. The molecule has 0 amide bonds. The number of hydrogen-bond donors (Lipinski definition) is 2. The highest BCUT2D eigenvalue weighted by Gasteiger charge is 2.06. The number of ether oxygens (including phenoxy) is 1. The first-order valence-electron chi connectivity index (χ1n) is 7.72. The minimum absolute atomic E-state index is 0.534. The minimum atomic E-state index is 0.534. The van der Waals surface area contributed by atoms with Crippen molar-refractivity contribution in [3.63, 3.8) is 0 Å². The van der Waals surface area contributed by atoms with Gasteiger partial charge in [-0.1, -0.05) is 18.2 Å². The summed E-state index contributed by atoms with van der Waals surface area (Å²) in [6.45, 7) is 4.00. The molecule has 0 radical (unpaired) electrons. The molecule has 3 aromatic rings. The molecule has 0 unspecified atom stereocenters. The van der Waals surface area contributed by atoms with Crippen molar-refractivity contribution < 1.29 is 4.74 Å². The highest BCUT2D eigenvalue weighted by Crippen LogP contribution is 2.24. The van der Waals surface area contributed by atoms with Gasteiger partial charge in [0.25, 0.3) is 0 Å². The van der Waals surface area contributed by atoms with E-state index in [1.807, 2.05) is 62.4 Å². The number of para-hydroxylation sites is 1. The van der Waals surface area contributed by atoms with Crippen molar-refractivity contribution in [3.8, 4) is 5.75 Å². The van der Waals surface area contributed by atoms with Crippen LogP contribution in [-0.2, 0) is 0 Å². The molecular formula is C19H20N4O. The number of hydrogen-bond acceptors (Lipinski definition) is 5. The van der Waals surface area contributed by atoms with Crippen LogP contribution in [0.3, 0.4) is 0 Å². The van der Waals surface area contributed by atoms with Crippen LogP contribution in [-0.4, -0.2) is 17.1 Å². The lowest BCUT2D eigenvalue weighted by molar-refractivity contribution is 0.414. The first kappa shape index (κ1) is 15.8. The number of nitrogens with one attached hydrogen (secondary N) is 2. The molecule has 0 spiro atoms. The lowest BCUT2D eigenvalue weighted by Gasteiger charge is -2.12. The third-order valence-electron chi connectivity index (χ3n) is 3.55. The molecule has 0 bridgehead atoms. The normalized spacial score (nSPS) is 10.3. The van der Waals surface area contributed by atoms with Crippen LogP contribution in [0.1, 0.15) is 11.1 Å². The summed E-state index contributed by atoms with van der Waals surface area (Å²) in [6.07, 6.45) is 1.80. The number of nitrogens with zero attached hydrogens (tertiary/aromatic N) is 2. The van der Waals surface area contributed by atoms with Crippen molar-refractivity contribution in [1.29, 1.82) is 0 Å². The second-order valence-electron chi connectivity index (χ2n) is 5.58. The van der Waals surface area contributed by atoms with Crippen LogP contribution in [0.2, 0.25) is 0 Å². The molecule has 1 aromatic heterocycles. The summed E-state index contributed by atoms with van der Waals surface area (Å²) in [4.78, 5) is 8.93. The van der Waals surface area contributed by atoms with E-state index in [1.54, 1.807) is 13.3 Å². The number of benzene rings is 2. The Bertz CT molecular complexity index is 834. The molecule has 1 heterocycles. The van der Waals surface area contributed by atoms with Crippen molar-refractivity contribution in [2.24, 2.45) is 0 Å². The maximum atomic E-state index is 5.30. The van der Waals surface area contributed by atoms with Crippen LogP contribution < -0.4 is 15.4 Å². The molecule has 0 saturated heterocycles. The van der Waals surface area contributed by atoms with Gasteiger partial charge in [0.2, 0.25) is 5.95 Å². The van der Waals surface area contributed by atoms with E-state index in [4.69, 9.17) is 4.74 Å². The zero-order valence-corrected chi connectivity index (χ0v) is 14.0. The summed E-state index contributed by atoms with van der Waals surface area (Å²) in [5, 5.41) is 6.55. The average molecular weight is 320 g/mol. The smallest absolute Gasteiger partial charge is 0.229 e. The highest BCUT2D eigenvalue weighted by molar-refractivity contribution is 5.63. The number of aryl methyl sites for hydroxylation is 2. The van der Waals surface area contributed by atoms with Gasteiger partial charge in [0.05, 0.1) is 7.11 Å². The predicted molar refractivity (Wildman–Crippen MR) is 97.5 cm³/mol. The van der Waals surface area contributed by atoms with E-state index in [9.17, 15) is 0 Å². The summed E-state index contributed by atoms with van der Waals surface area (Å²) in [5.74, 6) is 2.11. The molecular weight excluding hydrogens is 300 g/mol. The third kappa shape index (κ3) is 3.81. The Morgan fingerprint density at radius 2 is 1.71 bits per heavy atom. The molecule has 2 N–H and O–H groups in total. The summed E-state index contributed by atoms with van der Waals surface area (Å²) in [7, 11) is 1.66.